The van der Waals surface area contributed by atoms with Gasteiger partial charge in [0, 0.05) is 19.4 Å². The van der Waals surface area contributed by atoms with Crippen LogP contribution in [-0.4, -0.2) is 25.2 Å². The maximum absolute atomic E-state index is 5.53. The smallest absolute Gasteiger partial charge is 0.129 e. The third-order valence-corrected chi connectivity index (χ3v) is 2.78. The minimum absolute atomic E-state index is 0.526. The average Bonchev–Trinajstić information content (AvgIpc) is 2.72. The summed E-state index contributed by atoms with van der Waals surface area (Å²) in [5.41, 5.74) is 0. The normalized spacial score (nSPS) is 10.2. The zero-order chi connectivity index (χ0) is 11.6. The van der Waals surface area contributed by atoms with Crippen molar-refractivity contribution < 1.29 is 9.15 Å². The van der Waals surface area contributed by atoms with Crippen LogP contribution in [0.3, 0.4) is 0 Å². The number of thioether (sulfide) groups is 1. The Morgan fingerprint density at radius 3 is 3.06 bits per heavy atom. The van der Waals surface area contributed by atoms with Crippen LogP contribution in [0, 0.1) is 12.3 Å². The molecule has 1 heterocycles. The van der Waals surface area contributed by atoms with Gasteiger partial charge in [0.2, 0.25) is 0 Å². The van der Waals surface area contributed by atoms with Gasteiger partial charge in [-0.05, 0) is 12.1 Å². The molecule has 0 atom stereocenters. The van der Waals surface area contributed by atoms with Gasteiger partial charge >= 0.3 is 0 Å². The SMILES string of the molecule is C#CCSCCNCc1ccc(COC)o1. The van der Waals surface area contributed by atoms with E-state index in [1.54, 1.807) is 18.9 Å². The van der Waals surface area contributed by atoms with Crippen molar-refractivity contribution in [1.82, 2.24) is 5.32 Å². The maximum atomic E-state index is 5.53. The molecule has 16 heavy (non-hydrogen) atoms. The van der Waals surface area contributed by atoms with Crippen LogP contribution in [0.1, 0.15) is 11.5 Å². The van der Waals surface area contributed by atoms with Crippen molar-refractivity contribution >= 4 is 11.8 Å². The third kappa shape index (κ3) is 5.26. The molecule has 0 aliphatic rings. The van der Waals surface area contributed by atoms with E-state index in [1.807, 2.05) is 12.1 Å². The van der Waals surface area contributed by atoms with Crippen molar-refractivity contribution in [3.63, 3.8) is 0 Å². The Balaban J connectivity index is 2.10. The second kappa shape index (κ2) is 8.28. The summed E-state index contributed by atoms with van der Waals surface area (Å²) in [4.78, 5) is 0. The average molecular weight is 239 g/mol. The van der Waals surface area contributed by atoms with Crippen LogP contribution in [0.5, 0.6) is 0 Å². The molecule has 0 spiro atoms. The Kier molecular flexibility index (Phi) is 6.82. The molecule has 0 bridgehead atoms. The van der Waals surface area contributed by atoms with Gasteiger partial charge in [0.15, 0.2) is 0 Å². The van der Waals surface area contributed by atoms with Crippen molar-refractivity contribution in [3.8, 4) is 12.3 Å². The Bertz CT molecular complexity index is 330. The summed E-state index contributed by atoms with van der Waals surface area (Å²) in [7, 11) is 1.66. The molecule has 1 aromatic heterocycles. The topological polar surface area (TPSA) is 34.4 Å². The van der Waals surface area contributed by atoms with Crippen molar-refractivity contribution in [3.05, 3.63) is 23.7 Å². The lowest BCUT2D eigenvalue weighted by Gasteiger charge is -2.01. The van der Waals surface area contributed by atoms with Gasteiger partial charge < -0.3 is 14.5 Å². The minimum Gasteiger partial charge on any atom is -0.462 e. The lowest BCUT2D eigenvalue weighted by Crippen LogP contribution is -2.16. The fourth-order valence-electron chi connectivity index (χ4n) is 1.22. The first-order chi connectivity index (χ1) is 7.86. The predicted molar refractivity (Wildman–Crippen MR) is 67.3 cm³/mol. The first-order valence-electron chi connectivity index (χ1n) is 5.15. The summed E-state index contributed by atoms with van der Waals surface area (Å²) >= 11 is 1.75. The molecule has 0 saturated carbocycles. The van der Waals surface area contributed by atoms with E-state index in [2.05, 4.69) is 11.2 Å². The molecule has 3 nitrogen and oxygen atoms in total. The summed E-state index contributed by atoms with van der Waals surface area (Å²) in [6.45, 7) is 2.21. The monoisotopic (exact) mass is 239 g/mol. The number of nitrogens with one attached hydrogen (secondary N) is 1. The van der Waals surface area contributed by atoms with Gasteiger partial charge in [0.25, 0.3) is 0 Å². The molecular formula is C12H17NO2S. The highest BCUT2D eigenvalue weighted by Crippen LogP contribution is 2.08. The molecule has 0 radical (unpaired) electrons. The highest BCUT2D eigenvalue weighted by atomic mass is 32.2. The van der Waals surface area contributed by atoms with Crippen LogP contribution < -0.4 is 5.32 Å². The van der Waals surface area contributed by atoms with Gasteiger partial charge in [-0.3, -0.25) is 0 Å². The highest BCUT2D eigenvalue weighted by Gasteiger charge is 2.00. The molecule has 1 aromatic rings. The zero-order valence-corrected chi connectivity index (χ0v) is 10.3. The number of methoxy groups -OCH3 is 1. The maximum Gasteiger partial charge on any atom is 0.129 e. The molecule has 0 fully saturated rings. The fourth-order valence-corrected chi connectivity index (χ4v) is 1.78. The molecule has 0 aliphatic heterocycles. The summed E-state index contributed by atoms with van der Waals surface area (Å²) in [5, 5.41) is 3.29. The van der Waals surface area contributed by atoms with Gasteiger partial charge in [-0.15, -0.1) is 18.2 Å². The Morgan fingerprint density at radius 1 is 1.50 bits per heavy atom. The van der Waals surface area contributed by atoms with Crippen molar-refractivity contribution in [2.24, 2.45) is 0 Å². The van der Waals surface area contributed by atoms with Gasteiger partial charge in [0.1, 0.15) is 18.1 Å². The van der Waals surface area contributed by atoms with Gasteiger partial charge in [-0.2, -0.15) is 0 Å². The Morgan fingerprint density at radius 2 is 2.31 bits per heavy atom. The lowest BCUT2D eigenvalue weighted by molar-refractivity contribution is 0.162. The number of terminal acetylenes is 1. The van der Waals surface area contributed by atoms with Crippen LogP contribution in [0.4, 0.5) is 0 Å². The van der Waals surface area contributed by atoms with Crippen LogP contribution in [0.2, 0.25) is 0 Å². The molecule has 1 rings (SSSR count). The van der Waals surface area contributed by atoms with Crippen molar-refractivity contribution in [2.75, 3.05) is 25.2 Å². The van der Waals surface area contributed by atoms with E-state index in [-0.39, 0.29) is 0 Å². The van der Waals surface area contributed by atoms with Gasteiger partial charge in [-0.1, -0.05) is 5.92 Å². The Labute approximate surface area is 101 Å². The number of hydrogen-bond donors (Lipinski definition) is 1. The summed E-state index contributed by atoms with van der Waals surface area (Å²) in [5.74, 6) is 6.20. The van der Waals surface area contributed by atoms with E-state index >= 15 is 0 Å². The van der Waals surface area contributed by atoms with Gasteiger partial charge in [0.05, 0.1) is 12.3 Å². The predicted octanol–water partition coefficient (Wildman–Crippen LogP) is 1.88. The molecule has 0 aliphatic carbocycles. The van der Waals surface area contributed by atoms with E-state index in [1.165, 1.54) is 0 Å². The summed E-state index contributed by atoms with van der Waals surface area (Å²) in [6.07, 6.45) is 5.15. The number of ether oxygens (including phenoxy) is 1. The fraction of sp³-hybridized carbons (Fsp3) is 0.500. The van der Waals surface area contributed by atoms with Crippen LogP contribution in [0.25, 0.3) is 0 Å². The van der Waals surface area contributed by atoms with E-state index in [4.69, 9.17) is 15.6 Å². The van der Waals surface area contributed by atoms with E-state index < -0.39 is 0 Å². The zero-order valence-electron chi connectivity index (χ0n) is 9.49. The molecular weight excluding hydrogens is 222 g/mol. The molecule has 88 valence electrons. The van der Waals surface area contributed by atoms with E-state index in [9.17, 15) is 0 Å². The van der Waals surface area contributed by atoms with Crippen LogP contribution in [-0.2, 0) is 17.9 Å². The summed E-state index contributed by atoms with van der Waals surface area (Å²) < 4.78 is 10.5. The van der Waals surface area contributed by atoms with Gasteiger partial charge in [-0.25, -0.2) is 0 Å². The largest absolute Gasteiger partial charge is 0.462 e. The van der Waals surface area contributed by atoms with Crippen molar-refractivity contribution in [2.45, 2.75) is 13.2 Å². The second-order valence-electron chi connectivity index (χ2n) is 3.23. The lowest BCUT2D eigenvalue weighted by atomic mass is 10.4. The Hall–Kier alpha value is -0.890. The minimum atomic E-state index is 0.526. The van der Waals surface area contributed by atoms with E-state index in [0.29, 0.717) is 6.61 Å². The number of rotatable bonds is 8. The number of hydrogen-bond acceptors (Lipinski definition) is 4. The standard InChI is InChI=1S/C12H17NO2S/c1-3-7-16-8-6-13-9-11-4-5-12(15-11)10-14-2/h1,4-5,13H,6-10H2,2H3. The van der Waals surface area contributed by atoms with Crippen LogP contribution in [0.15, 0.2) is 16.5 Å². The molecule has 0 saturated heterocycles. The highest BCUT2D eigenvalue weighted by molar-refractivity contribution is 7.99. The first kappa shape index (κ1) is 13.2. The van der Waals surface area contributed by atoms with Crippen LogP contribution >= 0.6 is 11.8 Å². The molecule has 0 unspecified atom stereocenters. The molecule has 4 heteroatoms. The second-order valence-corrected chi connectivity index (χ2v) is 4.34. The third-order valence-electron chi connectivity index (χ3n) is 1.91. The summed E-state index contributed by atoms with van der Waals surface area (Å²) in [6, 6.07) is 3.91. The first-order valence-corrected chi connectivity index (χ1v) is 6.30. The van der Waals surface area contributed by atoms with Crippen molar-refractivity contribution in [1.29, 1.82) is 0 Å². The van der Waals surface area contributed by atoms with E-state index in [0.717, 1.165) is 36.1 Å². The quantitative estimate of drug-likeness (QED) is 0.555. The number of furan rings is 1. The molecule has 0 amide bonds. The molecule has 1 N–H and O–H groups in total. The molecule has 0 aromatic carbocycles.